The van der Waals surface area contributed by atoms with E-state index in [-0.39, 0.29) is 0 Å². The number of fused-ring (bicyclic) bond motifs is 5. The minimum absolute atomic E-state index is 0.386. The van der Waals surface area contributed by atoms with Gasteiger partial charge in [-0.1, -0.05) is 32.6 Å². The maximum atomic E-state index is 11.9. The van der Waals surface area contributed by atoms with Crippen LogP contribution in [0.25, 0.3) is 0 Å². The Hall–Kier alpha value is -0.850. The quantitative estimate of drug-likeness (QED) is 0.640. The van der Waals surface area contributed by atoms with E-state index in [2.05, 4.69) is 32.6 Å². The van der Waals surface area contributed by atoms with Gasteiger partial charge in [-0.25, -0.2) is 0 Å². The van der Waals surface area contributed by atoms with Crippen molar-refractivity contribution >= 4 is 5.78 Å². The number of carbonyl (C=O) groups is 1. The fraction of sp³-hybridized carbons (Fsp3) is 0.762. The van der Waals surface area contributed by atoms with Crippen LogP contribution in [-0.2, 0) is 4.79 Å². The van der Waals surface area contributed by atoms with Crippen molar-refractivity contribution in [1.82, 2.24) is 0 Å². The molecule has 4 rings (SSSR count). The van der Waals surface area contributed by atoms with Crippen LogP contribution in [0, 0.1) is 34.5 Å². The summed E-state index contributed by atoms with van der Waals surface area (Å²) in [5.74, 6) is 3.76. The zero-order valence-electron chi connectivity index (χ0n) is 14.2. The van der Waals surface area contributed by atoms with Gasteiger partial charge in [0.1, 0.15) is 5.78 Å². The van der Waals surface area contributed by atoms with Gasteiger partial charge < -0.3 is 0 Å². The molecule has 4 aliphatic rings. The molecule has 1 nitrogen and oxygen atoms in total. The minimum Gasteiger partial charge on any atom is -0.300 e. The first kappa shape index (κ1) is 14.7. The molecule has 0 aliphatic heterocycles. The van der Waals surface area contributed by atoms with Gasteiger partial charge in [-0.05, 0) is 78.6 Å². The van der Waals surface area contributed by atoms with E-state index in [9.17, 15) is 4.79 Å². The molecule has 1 unspecified atom stereocenters. The number of allylic oxidation sites excluding steroid dienone is 3. The Morgan fingerprint density at radius 1 is 1.18 bits per heavy atom. The van der Waals surface area contributed by atoms with Gasteiger partial charge in [0.05, 0.1) is 0 Å². The summed E-state index contributed by atoms with van der Waals surface area (Å²) in [7, 11) is 0. The Morgan fingerprint density at radius 2 is 2.00 bits per heavy atom. The molecule has 0 saturated heterocycles. The Kier molecular flexibility index (Phi) is 3.23. The molecule has 0 amide bonds. The lowest BCUT2D eigenvalue weighted by Gasteiger charge is -2.60. The molecule has 22 heavy (non-hydrogen) atoms. The zero-order valence-corrected chi connectivity index (χ0v) is 14.2. The van der Waals surface area contributed by atoms with Gasteiger partial charge in [0.2, 0.25) is 0 Å². The average molecular weight is 298 g/mol. The molecule has 3 fully saturated rings. The first-order valence-corrected chi connectivity index (χ1v) is 9.34. The van der Waals surface area contributed by atoms with E-state index in [1.54, 1.807) is 0 Å². The molecule has 0 aromatic heterocycles. The third-order valence-corrected chi connectivity index (χ3v) is 8.34. The van der Waals surface area contributed by atoms with Crippen molar-refractivity contribution in [3.05, 3.63) is 24.3 Å². The zero-order chi connectivity index (χ0) is 15.5. The van der Waals surface area contributed by atoms with Crippen LogP contribution in [0.15, 0.2) is 24.3 Å². The third kappa shape index (κ3) is 1.80. The molecule has 0 aromatic rings. The largest absolute Gasteiger partial charge is 0.300 e. The van der Waals surface area contributed by atoms with Crippen LogP contribution < -0.4 is 0 Å². The van der Waals surface area contributed by atoms with Gasteiger partial charge >= 0.3 is 0 Å². The van der Waals surface area contributed by atoms with Gasteiger partial charge in [-0.15, -0.1) is 0 Å². The van der Waals surface area contributed by atoms with E-state index in [1.165, 1.54) is 37.7 Å². The van der Waals surface area contributed by atoms with E-state index in [1.807, 2.05) is 0 Å². The Labute approximate surface area is 135 Å². The van der Waals surface area contributed by atoms with Crippen LogP contribution in [0.1, 0.15) is 65.2 Å². The predicted octanol–water partition coefficient (Wildman–Crippen LogP) is 5.32. The Balaban J connectivity index is 1.64. The highest BCUT2D eigenvalue weighted by molar-refractivity contribution is 5.79. The fourth-order valence-electron chi connectivity index (χ4n) is 6.96. The van der Waals surface area contributed by atoms with E-state index < -0.39 is 0 Å². The molecule has 120 valence electrons. The molecule has 6 atom stereocenters. The lowest BCUT2D eigenvalue weighted by Crippen LogP contribution is -2.53. The van der Waals surface area contributed by atoms with Gasteiger partial charge in [0.15, 0.2) is 0 Å². The first-order valence-electron chi connectivity index (χ1n) is 9.34. The fourth-order valence-corrected chi connectivity index (χ4v) is 6.96. The monoisotopic (exact) mass is 298 g/mol. The number of carbonyl (C=O) groups excluding carboxylic acids is 1. The molecule has 0 N–H and O–H groups in total. The number of hydrogen-bond donors (Lipinski definition) is 0. The second-order valence-electron chi connectivity index (χ2n) is 8.96. The predicted molar refractivity (Wildman–Crippen MR) is 90.4 cm³/mol. The molecule has 0 radical (unpaired) electrons. The van der Waals surface area contributed by atoms with Crippen molar-refractivity contribution in [3.63, 3.8) is 0 Å². The van der Waals surface area contributed by atoms with E-state index in [0.717, 1.165) is 37.0 Å². The van der Waals surface area contributed by atoms with Crippen LogP contribution in [-0.4, -0.2) is 5.78 Å². The SMILES string of the molecule is C=CC1=CC[C@H]2[C@@H]3CCC4CC(=O)CC[C@]4(C)[C@H]3CC[C@]12C. The van der Waals surface area contributed by atoms with Crippen LogP contribution in [0.3, 0.4) is 0 Å². The second-order valence-corrected chi connectivity index (χ2v) is 8.96. The second kappa shape index (κ2) is 4.82. The van der Waals surface area contributed by atoms with Gasteiger partial charge in [-0.2, -0.15) is 0 Å². The lowest BCUT2D eigenvalue weighted by molar-refractivity contribution is -0.137. The summed E-state index contributed by atoms with van der Waals surface area (Å²) in [4.78, 5) is 11.9. The van der Waals surface area contributed by atoms with Crippen molar-refractivity contribution in [2.45, 2.75) is 65.2 Å². The third-order valence-electron chi connectivity index (χ3n) is 8.34. The minimum atomic E-state index is 0.386. The van der Waals surface area contributed by atoms with Crippen LogP contribution in [0.4, 0.5) is 0 Å². The summed E-state index contributed by atoms with van der Waals surface area (Å²) in [5.41, 5.74) is 2.34. The molecular weight excluding hydrogens is 268 g/mol. The van der Waals surface area contributed by atoms with Crippen molar-refractivity contribution < 1.29 is 4.79 Å². The van der Waals surface area contributed by atoms with E-state index >= 15 is 0 Å². The summed E-state index contributed by atoms with van der Waals surface area (Å²) >= 11 is 0. The number of rotatable bonds is 1. The number of ketones is 1. The molecule has 4 aliphatic carbocycles. The van der Waals surface area contributed by atoms with E-state index in [0.29, 0.717) is 22.5 Å². The normalized spacial score (nSPS) is 50.6. The van der Waals surface area contributed by atoms with Crippen molar-refractivity contribution in [1.29, 1.82) is 0 Å². The number of hydrogen-bond acceptors (Lipinski definition) is 1. The lowest BCUT2D eigenvalue weighted by atomic mass is 9.45. The summed E-state index contributed by atoms with van der Waals surface area (Å²) in [6, 6.07) is 0. The molecule has 0 bridgehead atoms. The number of Topliss-reactive ketones (excluding diaryl/α,β-unsaturated/α-hetero) is 1. The molecular formula is C21H30O. The van der Waals surface area contributed by atoms with Gasteiger partial charge in [0.25, 0.3) is 0 Å². The summed E-state index contributed by atoms with van der Waals surface area (Å²) in [6.07, 6.45) is 14.1. The maximum absolute atomic E-state index is 11.9. The molecule has 0 spiro atoms. The topological polar surface area (TPSA) is 17.1 Å². The summed E-state index contributed by atoms with van der Waals surface area (Å²) in [5, 5.41) is 0. The first-order chi connectivity index (χ1) is 10.5. The van der Waals surface area contributed by atoms with Crippen molar-refractivity contribution in [2.75, 3.05) is 0 Å². The molecule has 3 saturated carbocycles. The highest BCUT2D eigenvalue weighted by atomic mass is 16.1. The van der Waals surface area contributed by atoms with Crippen LogP contribution in [0.5, 0.6) is 0 Å². The van der Waals surface area contributed by atoms with Crippen LogP contribution in [0.2, 0.25) is 0 Å². The summed E-state index contributed by atoms with van der Waals surface area (Å²) < 4.78 is 0. The highest BCUT2D eigenvalue weighted by Gasteiger charge is 2.58. The van der Waals surface area contributed by atoms with Crippen molar-refractivity contribution in [2.24, 2.45) is 34.5 Å². The van der Waals surface area contributed by atoms with E-state index in [4.69, 9.17) is 0 Å². The van der Waals surface area contributed by atoms with Crippen molar-refractivity contribution in [3.8, 4) is 0 Å². The Morgan fingerprint density at radius 3 is 2.77 bits per heavy atom. The Bertz CT molecular complexity index is 544. The summed E-state index contributed by atoms with van der Waals surface area (Å²) in [6.45, 7) is 9.09. The highest BCUT2D eigenvalue weighted by Crippen LogP contribution is 2.66. The van der Waals surface area contributed by atoms with Gasteiger partial charge in [-0.3, -0.25) is 4.79 Å². The maximum Gasteiger partial charge on any atom is 0.133 e. The average Bonchev–Trinajstić information content (AvgIpc) is 2.84. The smallest absolute Gasteiger partial charge is 0.133 e. The van der Waals surface area contributed by atoms with Gasteiger partial charge in [0, 0.05) is 12.8 Å². The van der Waals surface area contributed by atoms with Crippen LogP contribution >= 0.6 is 0 Å². The molecule has 0 heterocycles. The standard InChI is InChI=1S/C21H30O/c1-4-14-6-8-18-17-7-5-15-13-16(22)9-11-21(15,3)19(17)10-12-20(14,18)2/h4,6,15,17-19H,1,5,7-13H2,2-3H3/t15?,17-,18-,19-,20+,21-/m0/s1. The molecule has 0 aromatic carbocycles. The molecule has 1 heteroatoms.